The Labute approximate surface area is 199 Å². The minimum atomic E-state index is 0. The maximum Gasteiger partial charge on any atom is 0.191 e. The van der Waals surface area contributed by atoms with Crippen LogP contribution in [0.1, 0.15) is 51.0 Å². The lowest BCUT2D eigenvalue weighted by Gasteiger charge is -2.12. The van der Waals surface area contributed by atoms with Crippen LogP contribution in [0.5, 0.6) is 0 Å². The van der Waals surface area contributed by atoms with E-state index in [9.17, 15) is 0 Å². The van der Waals surface area contributed by atoms with E-state index in [0.29, 0.717) is 25.6 Å². The van der Waals surface area contributed by atoms with Crippen molar-refractivity contribution in [1.29, 1.82) is 0 Å². The molecule has 3 aromatic rings. The molecule has 0 aliphatic rings. The van der Waals surface area contributed by atoms with Crippen LogP contribution in [-0.4, -0.2) is 50.5 Å². The van der Waals surface area contributed by atoms with Gasteiger partial charge >= 0.3 is 0 Å². The summed E-state index contributed by atoms with van der Waals surface area (Å²) in [5, 5.41) is 19.2. The summed E-state index contributed by atoms with van der Waals surface area (Å²) in [5.41, 5.74) is 1.81. The number of hydrogen-bond acceptors (Lipinski definition) is 7. The molecule has 0 spiro atoms. The van der Waals surface area contributed by atoms with Crippen molar-refractivity contribution < 1.29 is 4.52 Å². The van der Waals surface area contributed by atoms with Gasteiger partial charge in [0.15, 0.2) is 17.4 Å². The molecule has 3 heterocycles. The molecule has 0 amide bonds. The minimum Gasteiger partial charge on any atom is -0.368 e. The zero-order valence-electron chi connectivity index (χ0n) is 18.6. The molecule has 3 rings (SSSR count). The third-order valence-electron chi connectivity index (χ3n) is 4.96. The second-order valence-electron chi connectivity index (χ2n) is 7.01. The van der Waals surface area contributed by atoms with Gasteiger partial charge in [0.1, 0.15) is 18.7 Å². The first-order valence-corrected chi connectivity index (χ1v) is 10.5. The minimum absolute atomic E-state index is 0. The van der Waals surface area contributed by atoms with Crippen LogP contribution in [0.25, 0.3) is 11.0 Å². The first-order valence-electron chi connectivity index (χ1n) is 10.5. The van der Waals surface area contributed by atoms with E-state index in [1.54, 1.807) is 17.2 Å². The molecule has 0 atom stereocenters. The monoisotopic (exact) mass is 541 g/mol. The van der Waals surface area contributed by atoms with E-state index < -0.39 is 0 Å². The number of hydrogen-bond donors (Lipinski definition) is 3. The Hall–Kier alpha value is -2.44. The van der Waals surface area contributed by atoms with Crippen molar-refractivity contribution in [3.8, 4) is 0 Å². The molecular weight excluding hydrogens is 509 g/mol. The molecule has 0 fully saturated rings. The third-order valence-corrected chi connectivity index (χ3v) is 4.96. The van der Waals surface area contributed by atoms with Gasteiger partial charge in [-0.3, -0.25) is 4.68 Å². The summed E-state index contributed by atoms with van der Waals surface area (Å²) in [6.45, 7) is 8.94. The number of halogens is 1. The first-order chi connectivity index (χ1) is 14.7. The Morgan fingerprint density at radius 1 is 1.16 bits per heavy atom. The predicted octanol–water partition coefficient (Wildman–Crippen LogP) is 3.04. The smallest absolute Gasteiger partial charge is 0.191 e. The average molecular weight is 541 g/mol. The number of nitrogens with zero attached hydrogens (tertiary/aromatic N) is 6. The molecule has 0 aliphatic carbocycles. The summed E-state index contributed by atoms with van der Waals surface area (Å²) in [6.07, 6.45) is 5.42. The Kier molecular flexibility index (Phi) is 9.95. The van der Waals surface area contributed by atoms with Crippen LogP contribution in [0.2, 0.25) is 0 Å². The first kappa shape index (κ1) is 24.8. The maximum absolute atomic E-state index is 5.46. The van der Waals surface area contributed by atoms with Crippen molar-refractivity contribution in [3.63, 3.8) is 0 Å². The summed E-state index contributed by atoms with van der Waals surface area (Å²) >= 11 is 0. The summed E-state index contributed by atoms with van der Waals surface area (Å²) in [7, 11) is 1.86. The fraction of sp³-hybridized carbons (Fsp3) is 0.550. The van der Waals surface area contributed by atoms with E-state index >= 15 is 0 Å². The average Bonchev–Trinajstić information content (AvgIpc) is 3.38. The lowest BCUT2D eigenvalue weighted by atomic mass is 9.99. The lowest BCUT2D eigenvalue weighted by molar-refractivity contribution is 0.372. The number of nitrogens with one attached hydrogen (secondary N) is 3. The highest BCUT2D eigenvalue weighted by molar-refractivity contribution is 14.0. The van der Waals surface area contributed by atoms with Gasteiger partial charge in [-0.15, -0.1) is 24.0 Å². The van der Waals surface area contributed by atoms with E-state index in [2.05, 4.69) is 55.0 Å². The van der Waals surface area contributed by atoms with Gasteiger partial charge in [0.25, 0.3) is 0 Å². The molecule has 3 N–H and O–H groups in total. The van der Waals surface area contributed by atoms with Crippen molar-refractivity contribution in [1.82, 2.24) is 35.5 Å². The lowest BCUT2D eigenvalue weighted by Crippen LogP contribution is -2.39. The molecule has 170 valence electrons. The van der Waals surface area contributed by atoms with Crippen molar-refractivity contribution in [2.45, 2.75) is 46.1 Å². The number of fused-ring (bicyclic) bond motifs is 1. The van der Waals surface area contributed by atoms with Gasteiger partial charge < -0.3 is 20.5 Å². The topological polar surface area (TPSA) is 118 Å². The van der Waals surface area contributed by atoms with E-state index in [4.69, 9.17) is 4.52 Å². The molecule has 0 saturated carbocycles. The van der Waals surface area contributed by atoms with Crippen LogP contribution in [0.3, 0.4) is 0 Å². The normalized spacial score (nSPS) is 11.6. The van der Waals surface area contributed by atoms with E-state index in [1.165, 1.54) is 0 Å². The summed E-state index contributed by atoms with van der Waals surface area (Å²) < 4.78 is 7.19. The van der Waals surface area contributed by atoms with Crippen molar-refractivity contribution in [3.05, 3.63) is 30.0 Å². The Morgan fingerprint density at radius 2 is 1.97 bits per heavy atom. The van der Waals surface area contributed by atoms with Crippen LogP contribution in [0.4, 0.5) is 5.82 Å². The predicted molar refractivity (Wildman–Crippen MR) is 133 cm³/mol. The number of rotatable bonds is 10. The van der Waals surface area contributed by atoms with Gasteiger partial charge in [-0.2, -0.15) is 5.10 Å². The number of aryl methyl sites for hydroxylation is 1. The Morgan fingerprint density at radius 3 is 2.71 bits per heavy atom. The van der Waals surface area contributed by atoms with Gasteiger partial charge in [-0.1, -0.05) is 19.0 Å². The van der Waals surface area contributed by atoms with Gasteiger partial charge in [0.2, 0.25) is 0 Å². The fourth-order valence-electron chi connectivity index (χ4n) is 3.27. The van der Waals surface area contributed by atoms with Gasteiger partial charge in [-0.25, -0.2) is 15.0 Å². The Bertz CT molecular complexity index is 965. The van der Waals surface area contributed by atoms with Crippen LogP contribution in [0, 0.1) is 0 Å². The van der Waals surface area contributed by atoms with Crippen molar-refractivity contribution >= 4 is 46.8 Å². The molecule has 0 radical (unpaired) electrons. The van der Waals surface area contributed by atoms with Gasteiger partial charge in [0, 0.05) is 38.7 Å². The number of aromatic nitrogens is 5. The van der Waals surface area contributed by atoms with E-state index in [0.717, 1.165) is 53.7 Å². The van der Waals surface area contributed by atoms with E-state index in [-0.39, 0.29) is 24.0 Å². The molecule has 0 bridgehead atoms. The zero-order chi connectivity index (χ0) is 21.3. The van der Waals surface area contributed by atoms with Gasteiger partial charge in [-0.05, 0) is 19.8 Å². The maximum atomic E-state index is 5.46. The molecular formula is C20H32IN9O. The van der Waals surface area contributed by atoms with Crippen molar-refractivity contribution in [2.75, 3.05) is 25.0 Å². The zero-order valence-corrected chi connectivity index (χ0v) is 20.9. The largest absolute Gasteiger partial charge is 0.368 e. The molecule has 0 unspecified atom stereocenters. The van der Waals surface area contributed by atoms with Crippen LogP contribution < -0.4 is 16.0 Å². The second-order valence-corrected chi connectivity index (χ2v) is 7.01. The molecule has 0 saturated heterocycles. The van der Waals surface area contributed by atoms with Crippen LogP contribution in [0.15, 0.2) is 28.1 Å². The number of anilines is 1. The Balaban J connectivity index is 0.00000341. The molecule has 10 nitrogen and oxygen atoms in total. The molecule has 0 aromatic carbocycles. The van der Waals surface area contributed by atoms with Gasteiger partial charge in [0.05, 0.1) is 17.3 Å². The molecule has 3 aromatic heterocycles. The molecule has 31 heavy (non-hydrogen) atoms. The third kappa shape index (κ3) is 6.52. The number of guanidine groups is 1. The van der Waals surface area contributed by atoms with Crippen LogP contribution >= 0.6 is 24.0 Å². The fourth-order valence-corrected chi connectivity index (χ4v) is 3.27. The number of aliphatic imine (C=N–C) groups is 1. The highest BCUT2D eigenvalue weighted by Crippen LogP contribution is 2.22. The quantitative estimate of drug-likeness (QED) is 0.155. The SMILES string of the molecule is CCNC(=NCc1cc(C(CC)CC)no1)NCCNc1ncnc2c1cnn2C.I. The highest BCUT2D eigenvalue weighted by atomic mass is 127. The summed E-state index contributed by atoms with van der Waals surface area (Å²) in [5.74, 6) is 2.71. The molecule has 11 heteroatoms. The molecule has 0 aliphatic heterocycles. The second kappa shape index (κ2) is 12.4. The highest BCUT2D eigenvalue weighted by Gasteiger charge is 2.13. The summed E-state index contributed by atoms with van der Waals surface area (Å²) in [4.78, 5) is 13.2. The summed E-state index contributed by atoms with van der Waals surface area (Å²) in [6, 6.07) is 2.01. The van der Waals surface area contributed by atoms with Crippen LogP contribution in [-0.2, 0) is 13.6 Å². The van der Waals surface area contributed by atoms with Crippen molar-refractivity contribution in [2.24, 2.45) is 12.0 Å². The standard InChI is InChI=1S/C20H31N9O.HI/c1-5-14(6-2)17-10-15(30-28-17)11-24-20(21-7-3)23-9-8-22-18-16-12-27-29(4)19(16)26-13-25-18;/h10,12-14H,5-9,11H2,1-4H3,(H2,21,23,24)(H,22,25,26);1H. The van der Waals surface area contributed by atoms with E-state index in [1.807, 2.05) is 20.0 Å².